The summed E-state index contributed by atoms with van der Waals surface area (Å²) >= 11 is 0. The van der Waals surface area contributed by atoms with Gasteiger partial charge in [0.2, 0.25) is 0 Å². The molecule has 0 aromatic carbocycles. The molecular weight excluding hydrogens is 565 g/mol. The van der Waals surface area contributed by atoms with Crippen LogP contribution in [0.15, 0.2) is 18.2 Å². The molecule has 2 N–H and O–H groups in total. The second kappa shape index (κ2) is 11.9. The van der Waals surface area contributed by atoms with Gasteiger partial charge in [0.1, 0.15) is 5.92 Å². The predicted molar refractivity (Wildman–Crippen MR) is 168 cm³/mol. The van der Waals surface area contributed by atoms with Crippen molar-refractivity contribution in [3.8, 4) is 0 Å². The first-order chi connectivity index (χ1) is 20.5. The van der Waals surface area contributed by atoms with Crippen LogP contribution in [0.25, 0.3) is 22.1 Å². The summed E-state index contributed by atoms with van der Waals surface area (Å²) in [4.78, 5) is 57.4. The van der Waals surface area contributed by atoms with E-state index in [9.17, 15) is 14.4 Å². The average Bonchev–Trinajstić information content (AvgIpc) is 3.70. The molecule has 3 aromatic heterocycles. The molecule has 224 valence electrons. The van der Waals surface area contributed by atoms with Crippen LogP contribution in [-0.2, 0) is 9.53 Å². The van der Waals surface area contributed by atoms with Gasteiger partial charge in [-0.2, -0.15) is 0 Å². The zero-order chi connectivity index (χ0) is 30.9. The van der Waals surface area contributed by atoms with E-state index in [4.69, 9.17) is 14.7 Å². The number of rotatable bonds is 5. The molecule has 0 fully saturated rings. The van der Waals surface area contributed by atoms with Crippen LogP contribution >= 0.6 is 0 Å². The molecule has 0 radical (unpaired) electrons. The molecule has 0 saturated heterocycles. The van der Waals surface area contributed by atoms with E-state index in [0.29, 0.717) is 27.7 Å². The van der Waals surface area contributed by atoms with E-state index in [1.807, 2.05) is 32.0 Å². The van der Waals surface area contributed by atoms with Gasteiger partial charge < -0.3 is 14.7 Å². The number of aromatic amines is 2. The first kappa shape index (κ1) is 32.1. The van der Waals surface area contributed by atoms with Gasteiger partial charge in [-0.05, 0) is 51.8 Å². The van der Waals surface area contributed by atoms with Gasteiger partial charge in [-0.15, -0.1) is 22.1 Å². The Hall–Kier alpha value is -3.30. The minimum atomic E-state index is -1.06. The van der Waals surface area contributed by atoms with Crippen molar-refractivity contribution < 1.29 is 29.1 Å². The van der Waals surface area contributed by atoms with Crippen LogP contribution in [0, 0.1) is 13.8 Å². The quantitative estimate of drug-likeness (QED) is 0.169. The standard InChI is InChI=1S/C35H39N4O4.Mg/c1-9-11-21-16(4)23-12-24-17(5)28(19(7)40)27(37-24)14-22-15(3)20(10-2)26(36-22)13-25-18(6)29-33(39-25)30(32(21)38-23)31(34(29)41)35(42)43-8;/h12-16,20-21,31H,9-11H2,1-8H3,(H-,36,37,38,39,40,41);/q-1;+2/p+1/t15-,16+,20-,21+,31?;/m1./s1. The van der Waals surface area contributed by atoms with Gasteiger partial charge in [-0.3, -0.25) is 14.4 Å². The van der Waals surface area contributed by atoms with Crippen molar-refractivity contribution in [1.29, 1.82) is 0 Å². The Morgan fingerprint density at radius 1 is 0.886 bits per heavy atom. The topological polar surface area (TPSA) is 117 Å². The molecule has 6 rings (SSSR count). The molecule has 8 nitrogen and oxygen atoms in total. The summed E-state index contributed by atoms with van der Waals surface area (Å²) in [6.07, 6.45) is 2.69. The van der Waals surface area contributed by atoms with Crippen LogP contribution in [0.3, 0.4) is 0 Å². The molecule has 9 heteroatoms. The molecule has 5 heterocycles. The van der Waals surface area contributed by atoms with Crippen molar-refractivity contribution in [2.75, 3.05) is 7.11 Å². The fourth-order valence-corrected chi connectivity index (χ4v) is 7.67. The number of hydrogen-bond donors (Lipinski definition) is 0. The fraction of sp³-hybridized carbons (Fsp3) is 0.457. The number of aryl methyl sites for hydroxylation is 2. The number of methoxy groups -OCH3 is 1. The number of nitrogens with zero attached hydrogens (tertiary/aromatic N) is 2. The summed E-state index contributed by atoms with van der Waals surface area (Å²) in [7, 11) is 1.33. The Bertz CT molecular complexity index is 1870. The van der Waals surface area contributed by atoms with Crippen LogP contribution in [0.2, 0.25) is 0 Å². The Morgan fingerprint density at radius 2 is 1.50 bits per heavy atom. The van der Waals surface area contributed by atoms with E-state index >= 15 is 0 Å². The second-order valence-electron chi connectivity index (χ2n) is 12.5. The number of Topliss-reactive ketones (excluding diaryl/α,β-unsaturated/α-hetero) is 2. The van der Waals surface area contributed by atoms with Crippen molar-refractivity contribution >= 4 is 62.7 Å². The maximum atomic E-state index is 14.0. The fourth-order valence-electron chi connectivity index (χ4n) is 7.67. The number of ether oxygens (including phenoxy) is 1. The minimum Gasteiger partial charge on any atom is -0.657 e. The number of carbonyl (C=O) groups excluding carboxylic acids is 3. The van der Waals surface area contributed by atoms with Crippen LogP contribution < -0.4 is 19.9 Å². The normalized spacial score (nSPS) is 22.2. The summed E-state index contributed by atoms with van der Waals surface area (Å²) in [6, 6.07) is 6.10. The van der Waals surface area contributed by atoms with E-state index in [1.165, 1.54) is 7.11 Å². The van der Waals surface area contributed by atoms with E-state index in [0.717, 1.165) is 64.2 Å². The number of ketones is 2. The van der Waals surface area contributed by atoms with Gasteiger partial charge in [-0.1, -0.05) is 45.2 Å². The molecule has 0 saturated carbocycles. The van der Waals surface area contributed by atoms with Crippen LogP contribution in [-0.4, -0.2) is 47.7 Å². The summed E-state index contributed by atoms with van der Waals surface area (Å²) in [5, 5.41) is 0. The van der Waals surface area contributed by atoms with Crippen molar-refractivity contribution in [2.24, 2.45) is 0 Å². The first-order valence-electron chi connectivity index (χ1n) is 15.4. The van der Waals surface area contributed by atoms with Crippen molar-refractivity contribution in [2.45, 2.75) is 97.3 Å². The summed E-state index contributed by atoms with van der Waals surface area (Å²) in [6.45, 7) is 14.1. The number of nitrogens with one attached hydrogen (secondary N) is 2. The van der Waals surface area contributed by atoms with Crippen LogP contribution in [0.1, 0.15) is 144 Å². The Labute approximate surface area is 274 Å². The minimum absolute atomic E-state index is 0. The molecule has 0 spiro atoms. The SMILES string of the molecule is CCC[C@@H]1c2[nH+]c(cc3[n-]c(cc4[nH+]c(cc5[n-]c6c(c5C)C(=O)C(C(=O)OC)c26)[C@H](CC)[C@H]4C)c(C(C)=O)c3C)[C@H]1C.[Mg+2]. The molecule has 44 heavy (non-hydrogen) atoms. The van der Waals surface area contributed by atoms with Crippen molar-refractivity contribution in [3.63, 3.8) is 0 Å². The second-order valence-corrected chi connectivity index (χ2v) is 12.5. The van der Waals surface area contributed by atoms with Gasteiger partial charge in [0.25, 0.3) is 0 Å². The number of esters is 1. The molecule has 2 aliphatic heterocycles. The zero-order valence-electron chi connectivity index (χ0n) is 27.0. The zero-order valence-corrected chi connectivity index (χ0v) is 28.4. The molecule has 3 aromatic rings. The molecule has 0 amide bonds. The third kappa shape index (κ3) is 4.74. The molecular formula is C35H40MgN4O4+2. The maximum Gasteiger partial charge on any atom is 2.00 e. The largest absolute Gasteiger partial charge is 2.00 e. The van der Waals surface area contributed by atoms with Crippen molar-refractivity contribution in [1.82, 2.24) is 9.97 Å². The van der Waals surface area contributed by atoms with E-state index < -0.39 is 11.9 Å². The Balaban J connectivity index is 0.00000384. The number of hydrogen-bond acceptors (Lipinski definition) is 4. The monoisotopic (exact) mass is 604 g/mol. The van der Waals surface area contributed by atoms with E-state index in [-0.39, 0.29) is 58.3 Å². The van der Waals surface area contributed by atoms with Crippen LogP contribution in [0.5, 0.6) is 0 Å². The molecule has 5 atom stereocenters. The summed E-state index contributed by atoms with van der Waals surface area (Å²) in [5.41, 5.74) is 9.91. The van der Waals surface area contributed by atoms with Gasteiger partial charge in [-0.25, -0.2) is 9.97 Å². The van der Waals surface area contributed by atoms with Crippen LogP contribution in [0.4, 0.5) is 0 Å². The maximum absolute atomic E-state index is 14.0. The molecule has 8 bridgehead atoms. The van der Waals surface area contributed by atoms with Gasteiger partial charge in [0.15, 0.2) is 34.3 Å². The molecule has 3 aliphatic rings. The van der Waals surface area contributed by atoms with Gasteiger partial charge >= 0.3 is 29.0 Å². The number of carbonyl (C=O) groups is 3. The molecule has 1 unspecified atom stereocenters. The third-order valence-electron chi connectivity index (χ3n) is 10.1. The Kier molecular flexibility index (Phi) is 8.68. The Morgan fingerprint density at radius 3 is 2.14 bits per heavy atom. The first-order valence-corrected chi connectivity index (χ1v) is 15.4. The molecule has 1 aliphatic carbocycles. The number of aromatic nitrogens is 4. The average molecular weight is 605 g/mol. The number of H-pyrrole nitrogens is 2. The van der Waals surface area contributed by atoms with Gasteiger partial charge in [0.05, 0.1) is 30.8 Å². The third-order valence-corrected chi connectivity index (χ3v) is 10.1. The predicted octanol–water partition coefficient (Wildman–Crippen LogP) is 5.29. The smallest absolute Gasteiger partial charge is 0.657 e. The number of fused-ring (bicyclic) bond motifs is 8. The van der Waals surface area contributed by atoms with Crippen molar-refractivity contribution in [3.05, 3.63) is 68.8 Å². The van der Waals surface area contributed by atoms with Gasteiger partial charge in [0, 0.05) is 16.7 Å². The summed E-state index contributed by atoms with van der Waals surface area (Å²) in [5.74, 6) is -1.43. The van der Waals surface area contributed by atoms with E-state index in [2.05, 4.69) is 37.7 Å². The summed E-state index contributed by atoms with van der Waals surface area (Å²) < 4.78 is 5.18. The van der Waals surface area contributed by atoms with E-state index in [1.54, 1.807) is 6.92 Å².